The van der Waals surface area contributed by atoms with E-state index in [4.69, 9.17) is 15.9 Å². The molecule has 0 atom stereocenters. The quantitative estimate of drug-likeness (QED) is 0.686. The molecule has 5 nitrogen and oxygen atoms in total. The van der Waals surface area contributed by atoms with Crippen LogP contribution in [0, 0.1) is 0 Å². The number of aromatic carboxylic acids is 1. The molecule has 0 bridgehead atoms. The SMILES string of the molecule is Nc1c(C(=O)O)cccc1N(CCO)C1CCC1. The second-order valence-corrected chi connectivity index (χ2v) is 4.55. The van der Waals surface area contributed by atoms with Gasteiger partial charge in [0.25, 0.3) is 0 Å². The zero-order valence-corrected chi connectivity index (χ0v) is 10.2. The number of rotatable bonds is 5. The lowest BCUT2D eigenvalue weighted by molar-refractivity contribution is 0.0698. The van der Waals surface area contributed by atoms with E-state index in [1.54, 1.807) is 6.07 Å². The summed E-state index contributed by atoms with van der Waals surface area (Å²) >= 11 is 0. The minimum atomic E-state index is -1.02. The Morgan fingerprint density at radius 2 is 2.17 bits per heavy atom. The Morgan fingerprint density at radius 1 is 1.44 bits per heavy atom. The van der Waals surface area contributed by atoms with Crippen LogP contribution in [0.4, 0.5) is 11.4 Å². The normalized spacial score (nSPS) is 15.2. The molecule has 1 fully saturated rings. The monoisotopic (exact) mass is 250 g/mol. The van der Waals surface area contributed by atoms with Crippen molar-refractivity contribution in [2.24, 2.45) is 0 Å². The van der Waals surface area contributed by atoms with E-state index in [2.05, 4.69) is 0 Å². The average molecular weight is 250 g/mol. The first-order valence-electron chi connectivity index (χ1n) is 6.14. The van der Waals surface area contributed by atoms with E-state index in [9.17, 15) is 4.79 Å². The van der Waals surface area contributed by atoms with E-state index in [-0.39, 0.29) is 17.9 Å². The lowest BCUT2D eigenvalue weighted by Gasteiger charge is -2.39. The second kappa shape index (κ2) is 5.27. The topological polar surface area (TPSA) is 86.8 Å². The van der Waals surface area contributed by atoms with Gasteiger partial charge in [-0.25, -0.2) is 4.79 Å². The van der Waals surface area contributed by atoms with Crippen LogP contribution in [-0.4, -0.2) is 35.4 Å². The van der Waals surface area contributed by atoms with Gasteiger partial charge in [-0.15, -0.1) is 0 Å². The van der Waals surface area contributed by atoms with Crippen molar-refractivity contribution in [3.8, 4) is 0 Å². The fourth-order valence-electron chi connectivity index (χ4n) is 2.30. The molecule has 0 heterocycles. The van der Waals surface area contributed by atoms with E-state index in [1.165, 1.54) is 12.5 Å². The van der Waals surface area contributed by atoms with Crippen LogP contribution >= 0.6 is 0 Å². The van der Waals surface area contributed by atoms with Gasteiger partial charge in [-0.3, -0.25) is 0 Å². The number of carbonyl (C=O) groups is 1. The third-order valence-corrected chi connectivity index (χ3v) is 3.48. The summed E-state index contributed by atoms with van der Waals surface area (Å²) in [7, 11) is 0. The molecular weight excluding hydrogens is 232 g/mol. The number of nitrogens with zero attached hydrogens (tertiary/aromatic N) is 1. The average Bonchev–Trinajstić information content (AvgIpc) is 2.26. The molecule has 0 amide bonds. The van der Waals surface area contributed by atoms with Crippen molar-refractivity contribution >= 4 is 17.3 Å². The van der Waals surface area contributed by atoms with Crippen molar-refractivity contribution in [3.63, 3.8) is 0 Å². The third-order valence-electron chi connectivity index (χ3n) is 3.48. The van der Waals surface area contributed by atoms with Gasteiger partial charge >= 0.3 is 5.97 Å². The maximum absolute atomic E-state index is 11.1. The van der Waals surface area contributed by atoms with Crippen LogP contribution in [-0.2, 0) is 0 Å². The van der Waals surface area contributed by atoms with Crippen molar-refractivity contribution in [2.75, 3.05) is 23.8 Å². The number of anilines is 2. The first kappa shape index (κ1) is 12.7. The van der Waals surface area contributed by atoms with Crippen molar-refractivity contribution in [1.82, 2.24) is 0 Å². The molecule has 98 valence electrons. The molecular formula is C13H18N2O3. The number of hydrogen-bond acceptors (Lipinski definition) is 4. The summed E-state index contributed by atoms with van der Waals surface area (Å²) < 4.78 is 0. The van der Waals surface area contributed by atoms with Gasteiger partial charge in [0.05, 0.1) is 23.5 Å². The van der Waals surface area contributed by atoms with Crippen LogP contribution in [0.1, 0.15) is 29.6 Å². The van der Waals surface area contributed by atoms with Crippen molar-refractivity contribution in [2.45, 2.75) is 25.3 Å². The maximum Gasteiger partial charge on any atom is 0.337 e. The number of carboxylic acid groups (broad SMARTS) is 1. The molecule has 0 aromatic heterocycles. The summed E-state index contributed by atoms with van der Waals surface area (Å²) in [6, 6.07) is 5.37. The van der Waals surface area contributed by atoms with E-state index in [1.807, 2.05) is 11.0 Å². The molecule has 2 rings (SSSR count). The molecule has 4 N–H and O–H groups in total. The second-order valence-electron chi connectivity index (χ2n) is 4.55. The van der Waals surface area contributed by atoms with Crippen molar-refractivity contribution in [3.05, 3.63) is 23.8 Å². The summed E-state index contributed by atoms with van der Waals surface area (Å²) in [6.45, 7) is 0.519. The van der Waals surface area contributed by atoms with E-state index >= 15 is 0 Å². The van der Waals surface area contributed by atoms with Crippen LogP contribution in [0.15, 0.2) is 18.2 Å². The summed E-state index contributed by atoms with van der Waals surface area (Å²) in [6.07, 6.45) is 3.30. The minimum absolute atomic E-state index is 0.0350. The first-order valence-corrected chi connectivity index (χ1v) is 6.14. The number of para-hydroxylation sites is 1. The van der Waals surface area contributed by atoms with E-state index < -0.39 is 5.97 Å². The lowest BCUT2D eigenvalue weighted by Crippen LogP contribution is -2.42. The summed E-state index contributed by atoms with van der Waals surface area (Å²) in [5.74, 6) is -1.02. The van der Waals surface area contributed by atoms with Gasteiger partial charge in [0, 0.05) is 12.6 Å². The summed E-state index contributed by atoms with van der Waals surface area (Å²) in [5.41, 5.74) is 7.05. The molecule has 18 heavy (non-hydrogen) atoms. The predicted molar refractivity (Wildman–Crippen MR) is 69.9 cm³/mol. The van der Waals surface area contributed by atoms with E-state index in [0.29, 0.717) is 18.3 Å². The van der Waals surface area contributed by atoms with Gasteiger partial charge in [0.1, 0.15) is 0 Å². The number of aliphatic hydroxyl groups excluding tert-OH is 1. The Morgan fingerprint density at radius 3 is 2.67 bits per heavy atom. The number of carboxylic acids is 1. The summed E-state index contributed by atoms with van der Waals surface area (Å²) in [5, 5.41) is 18.2. The molecule has 1 aliphatic rings. The number of hydrogen-bond donors (Lipinski definition) is 3. The predicted octanol–water partition coefficient (Wildman–Crippen LogP) is 1.32. The standard InChI is InChI=1S/C13H18N2O3/c14-12-10(13(17)18)5-2-6-11(12)15(7-8-16)9-3-1-4-9/h2,5-6,9,16H,1,3-4,7-8,14H2,(H,17,18). The van der Waals surface area contributed by atoms with E-state index in [0.717, 1.165) is 12.8 Å². The molecule has 5 heteroatoms. The van der Waals surface area contributed by atoms with Gasteiger partial charge in [0.15, 0.2) is 0 Å². The molecule has 1 aromatic carbocycles. The highest BCUT2D eigenvalue weighted by atomic mass is 16.4. The Balaban J connectivity index is 2.34. The molecule has 1 saturated carbocycles. The van der Waals surface area contributed by atoms with Gasteiger partial charge in [-0.1, -0.05) is 6.07 Å². The zero-order chi connectivity index (χ0) is 13.1. The Kier molecular flexibility index (Phi) is 3.72. The fraction of sp³-hybridized carbons (Fsp3) is 0.462. The fourth-order valence-corrected chi connectivity index (χ4v) is 2.30. The van der Waals surface area contributed by atoms with Gasteiger partial charge < -0.3 is 20.8 Å². The number of aliphatic hydroxyl groups is 1. The smallest absolute Gasteiger partial charge is 0.337 e. The molecule has 1 aliphatic carbocycles. The molecule has 0 aliphatic heterocycles. The lowest BCUT2D eigenvalue weighted by atomic mass is 9.90. The Labute approximate surface area is 106 Å². The first-order chi connectivity index (χ1) is 8.65. The van der Waals surface area contributed by atoms with Crippen LogP contribution in [0.25, 0.3) is 0 Å². The molecule has 0 radical (unpaired) electrons. The van der Waals surface area contributed by atoms with Crippen molar-refractivity contribution < 1.29 is 15.0 Å². The zero-order valence-electron chi connectivity index (χ0n) is 10.2. The Bertz CT molecular complexity index is 444. The highest BCUT2D eigenvalue weighted by molar-refractivity contribution is 5.97. The minimum Gasteiger partial charge on any atom is -0.478 e. The van der Waals surface area contributed by atoms with Crippen LogP contribution in [0.2, 0.25) is 0 Å². The van der Waals surface area contributed by atoms with Crippen LogP contribution in [0.3, 0.4) is 0 Å². The summed E-state index contributed by atoms with van der Waals surface area (Å²) in [4.78, 5) is 13.1. The molecule has 0 unspecified atom stereocenters. The highest BCUT2D eigenvalue weighted by Crippen LogP contribution is 2.34. The van der Waals surface area contributed by atoms with Gasteiger partial charge in [-0.2, -0.15) is 0 Å². The third kappa shape index (κ3) is 2.26. The molecule has 0 saturated heterocycles. The number of nitrogens with two attached hydrogens (primary N) is 1. The number of benzene rings is 1. The van der Waals surface area contributed by atoms with Crippen LogP contribution < -0.4 is 10.6 Å². The molecule has 0 spiro atoms. The van der Waals surface area contributed by atoms with Gasteiger partial charge in [-0.05, 0) is 31.4 Å². The highest BCUT2D eigenvalue weighted by Gasteiger charge is 2.27. The largest absolute Gasteiger partial charge is 0.478 e. The number of nitrogen functional groups attached to an aromatic ring is 1. The molecule has 1 aromatic rings. The maximum atomic E-state index is 11.1. The van der Waals surface area contributed by atoms with Gasteiger partial charge in [0.2, 0.25) is 0 Å². The Hall–Kier alpha value is -1.75. The van der Waals surface area contributed by atoms with Crippen molar-refractivity contribution in [1.29, 1.82) is 0 Å². The van der Waals surface area contributed by atoms with Crippen LogP contribution in [0.5, 0.6) is 0 Å².